The Kier molecular flexibility index (Phi) is 63.2. The van der Waals surface area contributed by atoms with E-state index in [1.807, 2.05) is 27.2 Å². The highest BCUT2D eigenvalue weighted by Crippen LogP contribution is 2.38. The topological polar surface area (TPSA) is 108 Å². The van der Waals surface area contributed by atoms with Crippen molar-refractivity contribution in [2.24, 2.45) is 0 Å². The first-order valence-corrected chi connectivity index (χ1v) is 37.8. The third-order valence-electron chi connectivity index (χ3n) is 16.8. The second-order valence-corrected chi connectivity index (χ2v) is 27.7. The summed E-state index contributed by atoms with van der Waals surface area (Å²) in [7, 11) is 1.28. The first-order valence-electron chi connectivity index (χ1n) is 36.4. The van der Waals surface area contributed by atoms with Gasteiger partial charge in [-0.2, -0.15) is 0 Å². The summed E-state index contributed by atoms with van der Waals surface area (Å²) >= 11 is 0. The van der Waals surface area contributed by atoms with Crippen LogP contribution < -0.4 is 10.2 Å². The molecule has 1 amide bonds. The minimum absolute atomic E-state index is 0.000810. The number of nitrogens with zero attached hydrogens (tertiary/aromatic N) is 1. The Balaban J connectivity index is 4.01. The number of hydrogen-bond acceptors (Lipinski definition) is 6. The van der Waals surface area contributed by atoms with Gasteiger partial charge in [-0.3, -0.25) is 9.36 Å². The Hall–Kier alpha value is -1.28. The summed E-state index contributed by atoms with van der Waals surface area (Å²) in [5, 5.41) is 14.0. The van der Waals surface area contributed by atoms with Gasteiger partial charge in [0.05, 0.1) is 39.9 Å². The van der Waals surface area contributed by atoms with Crippen LogP contribution in [0.15, 0.2) is 36.5 Å². The number of rotatable bonds is 68. The number of allylic oxidation sites excluding steroid dienone is 5. The molecule has 8 nitrogen and oxygen atoms in total. The van der Waals surface area contributed by atoms with Crippen molar-refractivity contribution in [3.63, 3.8) is 0 Å². The molecule has 3 unspecified atom stereocenters. The fourth-order valence-electron chi connectivity index (χ4n) is 11.2. The highest BCUT2D eigenvalue weighted by molar-refractivity contribution is 7.45. The summed E-state index contributed by atoms with van der Waals surface area (Å²) in [4.78, 5) is 25.6. The Morgan fingerprint density at radius 3 is 1.01 bits per heavy atom. The number of unbranched alkanes of at least 4 members (excludes halogenated alkanes) is 51. The number of phosphoric acid groups is 1. The molecule has 0 aromatic carbocycles. The van der Waals surface area contributed by atoms with Crippen molar-refractivity contribution < 1.29 is 32.9 Å². The zero-order valence-electron chi connectivity index (χ0n) is 55.7. The molecule has 0 heterocycles. The monoisotopic (exact) mass is 1180 g/mol. The summed E-state index contributed by atoms with van der Waals surface area (Å²) in [5.74, 6) is -0.190. The molecule has 0 aliphatic heterocycles. The molecule has 0 saturated heterocycles. The molecule has 0 aliphatic carbocycles. The Morgan fingerprint density at radius 2 is 0.707 bits per heavy atom. The predicted octanol–water partition coefficient (Wildman–Crippen LogP) is 22.6. The average Bonchev–Trinajstić information content (AvgIpc) is 3.45. The molecule has 9 heteroatoms. The van der Waals surface area contributed by atoms with Crippen molar-refractivity contribution in [3.8, 4) is 0 Å². The standard InChI is InChI=1S/C73H143N2O6P/c1-6-8-10-12-14-16-18-20-22-24-26-28-30-32-33-34-35-36-37-38-39-40-41-43-45-47-49-51-53-55-57-59-61-63-65-67-73(77)74-71(70-81-82(78,79)80-69-68-75(3,4)5)72(76)66-64-62-60-58-56-54-52-50-48-46-44-42-31-29-27-25-23-21-19-17-15-13-11-9-7-2/h30,32,34-35,64,66,71-72,76H,6-29,31,33,36-63,65,67-70H2,1-5H3,(H-,74,77,78,79)/b32-30-,35-34-,66-64+. The van der Waals surface area contributed by atoms with Gasteiger partial charge in [0.2, 0.25) is 5.91 Å². The van der Waals surface area contributed by atoms with Crippen LogP contribution in [0.4, 0.5) is 0 Å². The van der Waals surface area contributed by atoms with E-state index in [9.17, 15) is 19.4 Å². The number of hydrogen-bond donors (Lipinski definition) is 2. The van der Waals surface area contributed by atoms with E-state index in [1.165, 1.54) is 308 Å². The van der Waals surface area contributed by atoms with E-state index in [0.717, 1.165) is 44.9 Å². The second-order valence-electron chi connectivity index (χ2n) is 26.3. The zero-order valence-corrected chi connectivity index (χ0v) is 56.6. The van der Waals surface area contributed by atoms with Crippen molar-refractivity contribution in [3.05, 3.63) is 36.5 Å². The number of carbonyl (C=O) groups excluding carboxylic acids is 1. The van der Waals surface area contributed by atoms with Gasteiger partial charge < -0.3 is 28.8 Å². The van der Waals surface area contributed by atoms with Crippen molar-refractivity contribution >= 4 is 13.7 Å². The molecule has 0 saturated carbocycles. The number of nitrogens with one attached hydrogen (secondary N) is 1. The van der Waals surface area contributed by atoms with Crippen LogP contribution in [0.5, 0.6) is 0 Å². The minimum atomic E-state index is -4.60. The molecular formula is C73H143N2O6P. The second kappa shape index (κ2) is 64.2. The zero-order chi connectivity index (χ0) is 59.8. The highest BCUT2D eigenvalue weighted by Gasteiger charge is 2.23. The highest BCUT2D eigenvalue weighted by atomic mass is 31.2. The fourth-order valence-corrected chi connectivity index (χ4v) is 11.9. The van der Waals surface area contributed by atoms with E-state index in [-0.39, 0.29) is 19.1 Å². The van der Waals surface area contributed by atoms with Crippen LogP contribution in [0.1, 0.15) is 373 Å². The Bertz CT molecular complexity index is 1430. The van der Waals surface area contributed by atoms with Crippen LogP contribution in [-0.4, -0.2) is 68.5 Å². The van der Waals surface area contributed by atoms with Gasteiger partial charge in [-0.05, 0) is 51.4 Å². The van der Waals surface area contributed by atoms with E-state index in [2.05, 4.69) is 43.5 Å². The maximum Gasteiger partial charge on any atom is 0.268 e. The molecule has 0 aliphatic rings. The maximum atomic E-state index is 13.0. The molecule has 0 fully saturated rings. The maximum absolute atomic E-state index is 13.0. The van der Waals surface area contributed by atoms with E-state index in [1.54, 1.807) is 6.08 Å². The molecule has 3 atom stereocenters. The summed E-state index contributed by atoms with van der Waals surface area (Å²) in [6.07, 6.45) is 85.6. The van der Waals surface area contributed by atoms with Gasteiger partial charge in [0.1, 0.15) is 13.2 Å². The molecule has 2 N–H and O–H groups in total. The Labute approximate surface area is 512 Å². The van der Waals surface area contributed by atoms with Crippen LogP contribution >= 0.6 is 7.82 Å². The van der Waals surface area contributed by atoms with Gasteiger partial charge in [-0.15, -0.1) is 0 Å². The molecule has 0 bridgehead atoms. The molecule has 0 radical (unpaired) electrons. The van der Waals surface area contributed by atoms with Gasteiger partial charge in [0, 0.05) is 6.42 Å². The number of phosphoric ester groups is 1. The summed E-state index contributed by atoms with van der Waals surface area (Å²) < 4.78 is 23.5. The summed E-state index contributed by atoms with van der Waals surface area (Å²) in [6, 6.07) is -0.887. The SMILES string of the molecule is CCCCCCCCCCCCC/C=C\C/C=C\CCCCCCCCCCCCCCCCCCCC(=O)NC(COP(=O)([O-])OCC[N+](C)(C)C)C(O)/C=C/CCCCCCCCCCCCCCCCCCCCCCCCC. The summed E-state index contributed by atoms with van der Waals surface area (Å²) in [5.41, 5.74) is 0. The predicted molar refractivity (Wildman–Crippen MR) is 358 cm³/mol. The van der Waals surface area contributed by atoms with Crippen LogP contribution in [-0.2, 0) is 18.4 Å². The van der Waals surface area contributed by atoms with Crippen LogP contribution in [0.2, 0.25) is 0 Å². The number of quaternary nitrogens is 1. The Morgan fingerprint density at radius 1 is 0.427 bits per heavy atom. The van der Waals surface area contributed by atoms with Crippen molar-refractivity contribution in [1.29, 1.82) is 0 Å². The van der Waals surface area contributed by atoms with Crippen LogP contribution in [0.3, 0.4) is 0 Å². The molecule has 486 valence electrons. The van der Waals surface area contributed by atoms with E-state index in [4.69, 9.17) is 9.05 Å². The van der Waals surface area contributed by atoms with Gasteiger partial charge >= 0.3 is 0 Å². The smallest absolute Gasteiger partial charge is 0.268 e. The molecule has 82 heavy (non-hydrogen) atoms. The number of aliphatic hydroxyl groups excluding tert-OH is 1. The van der Waals surface area contributed by atoms with Crippen LogP contribution in [0.25, 0.3) is 0 Å². The first kappa shape index (κ1) is 80.7. The summed E-state index contributed by atoms with van der Waals surface area (Å²) in [6.45, 7) is 4.71. The molecule has 0 spiro atoms. The molecule has 0 aromatic heterocycles. The third-order valence-corrected chi connectivity index (χ3v) is 17.8. The number of aliphatic hydroxyl groups is 1. The van der Waals surface area contributed by atoms with Crippen molar-refractivity contribution in [1.82, 2.24) is 5.32 Å². The lowest BCUT2D eigenvalue weighted by Gasteiger charge is -2.29. The number of likely N-dealkylation sites (N-methyl/N-ethyl adjacent to an activating group) is 1. The van der Waals surface area contributed by atoms with Gasteiger partial charge in [0.15, 0.2) is 0 Å². The lowest BCUT2D eigenvalue weighted by molar-refractivity contribution is -0.870. The number of carbonyl (C=O) groups is 1. The normalized spacial score (nSPS) is 13.8. The quantitative estimate of drug-likeness (QED) is 0.0272. The van der Waals surface area contributed by atoms with Gasteiger partial charge in [-0.1, -0.05) is 352 Å². The van der Waals surface area contributed by atoms with Crippen molar-refractivity contribution in [2.45, 2.75) is 386 Å². The molecular weight excluding hydrogens is 1030 g/mol. The largest absolute Gasteiger partial charge is 0.756 e. The van der Waals surface area contributed by atoms with E-state index >= 15 is 0 Å². The molecule has 0 aromatic rings. The molecule has 0 rings (SSSR count). The van der Waals surface area contributed by atoms with Crippen molar-refractivity contribution in [2.75, 3.05) is 40.9 Å². The van der Waals surface area contributed by atoms with Gasteiger partial charge in [0.25, 0.3) is 7.82 Å². The van der Waals surface area contributed by atoms with E-state index in [0.29, 0.717) is 17.4 Å². The van der Waals surface area contributed by atoms with E-state index < -0.39 is 20.0 Å². The lowest BCUT2D eigenvalue weighted by Crippen LogP contribution is -2.45. The minimum Gasteiger partial charge on any atom is -0.756 e. The fraction of sp³-hybridized carbons (Fsp3) is 0.904. The number of amides is 1. The van der Waals surface area contributed by atoms with Crippen LogP contribution in [0, 0.1) is 0 Å². The first-order chi connectivity index (χ1) is 40.0. The van der Waals surface area contributed by atoms with Gasteiger partial charge in [-0.25, -0.2) is 0 Å². The lowest BCUT2D eigenvalue weighted by atomic mass is 10.0. The third kappa shape index (κ3) is 66.2. The average molecular weight is 1180 g/mol.